The first kappa shape index (κ1) is 15.7. The second kappa shape index (κ2) is 6.04. The van der Waals surface area contributed by atoms with Crippen molar-refractivity contribution in [2.45, 2.75) is 0 Å². The lowest BCUT2D eigenvalue weighted by Gasteiger charge is -2.13. The number of hydrogen-bond donors (Lipinski definition) is 1. The van der Waals surface area contributed by atoms with E-state index in [1.165, 1.54) is 0 Å². The average molecular weight is 423 g/mol. The monoisotopic (exact) mass is 421 g/mol. The van der Waals surface area contributed by atoms with Crippen LogP contribution in [0.1, 0.15) is 0 Å². The molecule has 1 N–H and O–H groups in total. The maximum Gasteiger partial charge on any atom is 0.137 e. The molecule has 0 amide bonds. The van der Waals surface area contributed by atoms with Crippen LogP contribution in [0.2, 0.25) is 5.02 Å². The maximum absolute atomic E-state index is 6.77. The van der Waals surface area contributed by atoms with Gasteiger partial charge in [0.2, 0.25) is 0 Å². The highest BCUT2D eigenvalue weighted by atomic mass is 79.9. The Morgan fingerprint density at radius 2 is 1.54 bits per heavy atom. The smallest absolute Gasteiger partial charge is 0.137 e. The Morgan fingerprint density at radius 1 is 0.731 bits per heavy atom. The Morgan fingerprint density at radius 3 is 2.42 bits per heavy atom. The van der Waals surface area contributed by atoms with Crippen LogP contribution in [0.15, 0.2) is 81.7 Å². The van der Waals surface area contributed by atoms with Gasteiger partial charge in [0, 0.05) is 26.3 Å². The molecule has 4 aromatic carbocycles. The van der Waals surface area contributed by atoms with E-state index in [4.69, 9.17) is 16.0 Å². The van der Waals surface area contributed by atoms with E-state index in [1.807, 2.05) is 54.6 Å². The number of fused-ring (bicyclic) bond motifs is 4. The van der Waals surface area contributed by atoms with Gasteiger partial charge in [-0.15, -0.1) is 0 Å². The number of hydrogen-bond acceptors (Lipinski definition) is 2. The molecule has 126 valence electrons. The van der Waals surface area contributed by atoms with E-state index in [-0.39, 0.29) is 0 Å². The number of furan rings is 1. The Bertz CT molecular complexity index is 1290. The molecule has 5 rings (SSSR count). The molecule has 0 spiro atoms. The lowest BCUT2D eigenvalue weighted by atomic mass is 10.1. The van der Waals surface area contributed by atoms with E-state index in [0.717, 1.165) is 48.6 Å². The van der Waals surface area contributed by atoms with Gasteiger partial charge in [-0.25, -0.2) is 0 Å². The summed E-state index contributed by atoms with van der Waals surface area (Å²) in [7, 11) is 0. The Labute approximate surface area is 163 Å². The molecule has 0 aliphatic heterocycles. The van der Waals surface area contributed by atoms with Crippen LogP contribution in [0, 0.1) is 0 Å². The fourth-order valence-electron chi connectivity index (χ4n) is 3.42. The third kappa shape index (κ3) is 2.39. The summed E-state index contributed by atoms with van der Waals surface area (Å²) in [5.74, 6) is 0. The van der Waals surface area contributed by atoms with Gasteiger partial charge in [-0.05, 0) is 35.7 Å². The second-order valence-corrected chi connectivity index (χ2v) is 7.40. The van der Waals surface area contributed by atoms with Crippen LogP contribution in [0.4, 0.5) is 11.4 Å². The molecule has 26 heavy (non-hydrogen) atoms. The lowest BCUT2D eigenvalue weighted by Crippen LogP contribution is -1.93. The van der Waals surface area contributed by atoms with Crippen molar-refractivity contribution in [3.8, 4) is 0 Å². The summed E-state index contributed by atoms with van der Waals surface area (Å²) in [5, 5.41) is 8.41. The molecule has 0 saturated heterocycles. The van der Waals surface area contributed by atoms with Crippen molar-refractivity contribution in [1.82, 2.24) is 0 Å². The van der Waals surface area contributed by atoms with Crippen LogP contribution in [-0.4, -0.2) is 0 Å². The van der Waals surface area contributed by atoms with Gasteiger partial charge < -0.3 is 9.73 Å². The largest absolute Gasteiger partial charge is 0.456 e. The van der Waals surface area contributed by atoms with E-state index in [9.17, 15) is 0 Å². The molecular weight excluding hydrogens is 410 g/mol. The molecule has 0 atom stereocenters. The molecule has 5 aromatic rings. The molecule has 0 radical (unpaired) electrons. The minimum atomic E-state index is 0.663. The fourth-order valence-corrected chi connectivity index (χ4v) is 4.32. The maximum atomic E-state index is 6.77. The third-order valence-electron chi connectivity index (χ3n) is 4.60. The van der Waals surface area contributed by atoms with Crippen molar-refractivity contribution >= 4 is 71.6 Å². The quantitative estimate of drug-likeness (QED) is 0.313. The average Bonchev–Trinajstić information content (AvgIpc) is 3.03. The van der Waals surface area contributed by atoms with Crippen LogP contribution in [0.25, 0.3) is 32.7 Å². The summed E-state index contributed by atoms with van der Waals surface area (Å²) < 4.78 is 6.95. The van der Waals surface area contributed by atoms with E-state index in [1.54, 1.807) is 0 Å². The van der Waals surface area contributed by atoms with Gasteiger partial charge in [0.25, 0.3) is 0 Å². The SMILES string of the molecule is Clc1c(Nc2cccc3cccc(Br)c23)ccc2oc3ccccc3c12. The molecule has 0 saturated carbocycles. The first-order valence-electron chi connectivity index (χ1n) is 8.26. The molecule has 0 bridgehead atoms. The summed E-state index contributed by atoms with van der Waals surface area (Å²) in [6.07, 6.45) is 0. The van der Waals surface area contributed by atoms with Crippen LogP contribution >= 0.6 is 27.5 Å². The lowest BCUT2D eigenvalue weighted by molar-refractivity contribution is 0.669. The van der Waals surface area contributed by atoms with Crippen LogP contribution < -0.4 is 5.32 Å². The first-order chi connectivity index (χ1) is 12.7. The normalized spacial score (nSPS) is 11.5. The van der Waals surface area contributed by atoms with Crippen LogP contribution in [-0.2, 0) is 0 Å². The highest BCUT2D eigenvalue weighted by Crippen LogP contribution is 2.40. The highest BCUT2D eigenvalue weighted by Gasteiger charge is 2.14. The van der Waals surface area contributed by atoms with E-state index < -0.39 is 0 Å². The summed E-state index contributed by atoms with van der Waals surface area (Å²) >= 11 is 10.4. The van der Waals surface area contributed by atoms with Crippen LogP contribution in [0.3, 0.4) is 0 Å². The molecule has 1 aromatic heterocycles. The molecule has 0 fully saturated rings. The predicted octanol–water partition coefficient (Wildman–Crippen LogP) is 7.90. The highest BCUT2D eigenvalue weighted by molar-refractivity contribution is 9.10. The van der Waals surface area contributed by atoms with Gasteiger partial charge in [-0.3, -0.25) is 0 Å². The molecule has 0 aliphatic rings. The predicted molar refractivity (Wildman–Crippen MR) is 114 cm³/mol. The van der Waals surface area contributed by atoms with Gasteiger partial charge in [0.1, 0.15) is 11.2 Å². The first-order valence-corrected chi connectivity index (χ1v) is 9.43. The zero-order valence-corrected chi connectivity index (χ0v) is 15.9. The molecule has 0 aliphatic carbocycles. The summed E-state index contributed by atoms with van der Waals surface area (Å²) in [4.78, 5) is 0. The van der Waals surface area contributed by atoms with Gasteiger partial charge in [-0.1, -0.05) is 70.0 Å². The summed E-state index contributed by atoms with van der Waals surface area (Å²) in [5.41, 5.74) is 3.49. The number of para-hydroxylation sites is 1. The third-order valence-corrected chi connectivity index (χ3v) is 5.66. The number of nitrogens with one attached hydrogen (secondary N) is 1. The zero-order chi connectivity index (χ0) is 17.7. The Hall–Kier alpha value is -2.49. The number of anilines is 2. The topological polar surface area (TPSA) is 25.2 Å². The fraction of sp³-hybridized carbons (Fsp3) is 0. The molecule has 0 unspecified atom stereocenters. The van der Waals surface area contributed by atoms with Gasteiger partial charge in [0.05, 0.1) is 10.7 Å². The standard InChI is InChI=1S/C22H13BrClNO/c23-15-8-3-5-13-6-4-9-16(20(13)15)25-17-11-12-19-21(22(17)24)14-7-1-2-10-18(14)26-19/h1-12,25H. The number of benzene rings is 4. The minimum absolute atomic E-state index is 0.663. The van der Waals surface area contributed by atoms with Crippen molar-refractivity contribution in [3.63, 3.8) is 0 Å². The van der Waals surface area contributed by atoms with Crippen molar-refractivity contribution in [1.29, 1.82) is 0 Å². The van der Waals surface area contributed by atoms with Crippen molar-refractivity contribution in [2.24, 2.45) is 0 Å². The number of rotatable bonds is 2. The Kier molecular flexibility index (Phi) is 3.66. The van der Waals surface area contributed by atoms with Crippen molar-refractivity contribution in [3.05, 3.63) is 82.3 Å². The number of halogens is 2. The van der Waals surface area contributed by atoms with Gasteiger partial charge in [-0.2, -0.15) is 0 Å². The van der Waals surface area contributed by atoms with E-state index in [2.05, 4.69) is 39.4 Å². The molecule has 1 heterocycles. The van der Waals surface area contributed by atoms with Gasteiger partial charge in [0.15, 0.2) is 0 Å². The zero-order valence-electron chi connectivity index (χ0n) is 13.6. The molecule has 2 nitrogen and oxygen atoms in total. The van der Waals surface area contributed by atoms with Crippen molar-refractivity contribution < 1.29 is 4.42 Å². The summed E-state index contributed by atoms with van der Waals surface area (Å²) in [6.45, 7) is 0. The van der Waals surface area contributed by atoms with Crippen molar-refractivity contribution in [2.75, 3.05) is 5.32 Å². The Balaban J connectivity index is 1.71. The molecule has 4 heteroatoms. The van der Waals surface area contributed by atoms with Crippen LogP contribution in [0.5, 0.6) is 0 Å². The second-order valence-electron chi connectivity index (χ2n) is 6.17. The minimum Gasteiger partial charge on any atom is -0.456 e. The summed E-state index contributed by atoms with van der Waals surface area (Å²) in [6, 6.07) is 24.2. The van der Waals surface area contributed by atoms with Gasteiger partial charge >= 0.3 is 0 Å². The molecular formula is C22H13BrClNO. The van der Waals surface area contributed by atoms with E-state index in [0.29, 0.717) is 5.02 Å². The van der Waals surface area contributed by atoms with E-state index >= 15 is 0 Å².